The number of halogens is 1. The van der Waals surface area contributed by atoms with Crippen molar-refractivity contribution in [2.75, 3.05) is 10.2 Å². The summed E-state index contributed by atoms with van der Waals surface area (Å²) in [5.74, 6) is -0.760. The van der Waals surface area contributed by atoms with Crippen LogP contribution in [0.2, 0.25) is 5.02 Å². The third kappa shape index (κ3) is 3.07. The predicted octanol–water partition coefficient (Wildman–Crippen LogP) is 2.99. The van der Waals surface area contributed by atoms with Crippen LogP contribution in [0, 0.1) is 10.1 Å². The Balaban J connectivity index is 1.78. The van der Waals surface area contributed by atoms with Crippen LogP contribution in [-0.4, -0.2) is 22.8 Å². The summed E-state index contributed by atoms with van der Waals surface area (Å²) in [6.07, 6.45) is 0.0123. The molecule has 0 aliphatic carbocycles. The number of imide groups is 1. The number of rotatable bonds is 4. The van der Waals surface area contributed by atoms with Gasteiger partial charge in [-0.25, -0.2) is 4.90 Å². The number of carbonyl (C=O) groups excluding carboxylic acids is 2. The summed E-state index contributed by atoms with van der Waals surface area (Å²) in [5, 5.41) is 14.2. The highest BCUT2D eigenvalue weighted by Crippen LogP contribution is 2.27. The second-order valence-corrected chi connectivity index (χ2v) is 5.69. The summed E-state index contributed by atoms with van der Waals surface area (Å²) in [6.45, 7) is 0. The topological polar surface area (TPSA) is 92.6 Å². The van der Waals surface area contributed by atoms with E-state index in [-0.39, 0.29) is 18.0 Å². The summed E-state index contributed by atoms with van der Waals surface area (Å²) in [7, 11) is 0. The molecule has 1 saturated heterocycles. The smallest absolute Gasteiger partial charge is 0.269 e. The average Bonchev–Trinajstić information content (AvgIpc) is 2.83. The zero-order chi connectivity index (χ0) is 17.3. The highest BCUT2D eigenvalue weighted by atomic mass is 35.5. The minimum atomic E-state index is -0.686. The summed E-state index contributed by atoms with van der Waals surface area (Å²) in [5.41, 5.74) is 0.890. The van der Waals surface area contributed by atoms with Gasteiger partial charge in [-0.3, -0.25) is 19.7 Å². The number of benzene rings is 2. The monoisotopic (exact) mass is 345 g/mol. The first kappa shape index (κ1) is 15.9. The molecule has 0 radical (unpaired) electrons. The molecule has 24 heavy (non-hydrogen) atoms. The van der Waals surface area contributed by atoms with Gasteiger partial charge >= 0.3 is 0 Å². The molecule has 8 heteroatoms. The van der Waals surface area contributed by atoms with E-state index in [1.165, 1.54) is 24.3 Å². The highest BCUT2D eigenvalue weighted by molar-refractivity contribution is 6.30. The van der Waals surface area contributed by atoms with Crippen LogP contribution in [0.5, 0.6) is 0 Å². The van der Waals surface area contributed by atoms with Gasteiger partial charge in [-0.05, 0) is 36.4 Å². The van der Waals surface area contributed by atoms with E-state index in [9.17, 15) is 19.7 Å². The third-order valence-electron chi connectivity index (χ3n) is 3.65. The molecule has 1 fully saturated rings. The fourth-order valence-corrected chi connectivity index (χ4v) is 2.61. The quantitative estimate of drug-likeness (QED) is 0.522. The van der Waals surface area contributed by atoms with Crippen LogP contribution in [0.25, 0.3) is 0 Å². The van der Waals surface area contributed by atoms with Gasteiger partial charge in [-0.2, -0.15) is 0 Å². The van der Waals surface area contributed by atoms with E-state index in [0.717, 1.165) is 4.90 Å². The fourth-order valence-electron chi connectivity index (χ4n) is 2.49. The fraction of sp³-hybridized carbons (Fsp3) is 0.125. The molecule has 0 spiro atoms. The van der Waals surface area contributed by atoms with Crippen LogP contribution in [0.4, 0.5) is 17.1 Å². The number of carbonyl (C=O) groups is 2. The van der Waals surface area contributed by atoms with Crippen molar-refractivity contribution >= 4 is 40.5 Å². The molecule has 2 aromatic rings. The van der Waals surface area contributed by atoms with Gasteiger partial charge < -0.3 is 5.32 Å². The van der Waals surface area contributed by atoms with Gasteiger partial charge in [0.05, 0.1) is 17.0 Å². The molecule has 122 valence electrons. The minimum absolute atomic E-state index is 0.0123. The van der Waals surface area contributed by atoms with Crippen LogP contribution in [0.1, 0.15) is 6.42 Å². The maximum Gasteiger partial charge on any atom is 0.269 e. The first-order valence-electron chi connectivity index (χ1n) is 7.09. The molecule has 0 saturated carbocycles. The van der Waals surface area contributed by atoms with Crippen LogP contribution >= 0.6 is 11.6 Å². The summed E-state index contributed by atoms with van der Waals surface area (Å²) in [4.78, 5) is 35.8. The maximum absolute atomic E-state index is 12.5. The Morgan fingerprint density at radius 3 is 2.29 bits per heavy atom. The van der Waals surface area contributed by atoms with Crippen LogP contribution in [0.3, 0.4) is 0 Å². The van der Waals surface area contributed by atoms with E-state index in [1.807, 2.05) is 0 Å². The molecule has 0 aromatic heterocycles. The molecule has 3 rings (SSSR count). The Hall–Kier alpha value is -2.93. The van der Waals surface area contributed by atoms with Gasteiger partial charge in [-0.1, -0.05) is 11.6 Å². The molecule has 2 aromatic carbocycles. The Morgan fingerprint density at radius 1 is 1.08 bits per heavy atom. The lowest BCUT2D eigenvalue weighted by Gasteiger charge is -2.16. The number of non-ortho nitro benzene ring substituents is 1. The molecule has 1 heterocycles. The summed E-state index contributed by atoms with van der Waals surface area (Å²) < 4.78 is 0. The summed E-state index contributed by atoms with van der Waals surface area (Å²) in [6, 6.07) is 11.4. The van der Waals surface area contributed by atoms with Crippen molar-refractivity contribution in [3.8, 4) is 0 Å². The van der Waals surface area contributed by atoms with Gasteiger partial charge in [0.25, 0.3) is 11.6 Å². The lowest BCUT2D eigenvalue weighted by molar-refractivity contribution is -0.384. The summed E-state index contributed by atoms with van der Waals surface area (Å²) >= 11 is 5.81. The Kier molecular flexibility index (Phi) is 4.18. The van der Waals surface area contributed by atoms with Crippen molar-refractivity contribution in [2.45, 2.75) is 12.5 Å². The molecule has 1 N–H and O–H groups in total. The van der Waals surface area contributed by atoms with E-state index in [4.69, 9.17) is 11.6 Å². The van der Waals surface area contributed by atoms with E-state index < -0.39 is 16.9 Å². The number of hydrogen-bond acceptors (Lipinski definition) is 5. The molecule has 1 atom stereocenters. The van der Waals surface area contributed by atoms with Crippen LogP contribution in [0.15, 0.2) is 48.5 Å². The van der Waals surface area contributed by atoms with Crippen LogP contribution < -0.4 is 10.2 Å². The van der Waals surface area contributed by atoms with Crippen molar-refractivity contribution in [1.82, 2.24) is 0 Å². The van der Waals surface area contributed by atoms with E-state index in [2.05, 4.69) is 5.32 Å². The molecule has 1 unspecified atom stereocenters. The second-order valence-electron chi connectivity index (χ2n) is 5.25. The number of nitrogens with zero attached hydrogens (tertiary/aromatic N) is 2. The Bertz CT molecular complexity index is 805. The van der Waals surface area contributed by atoms with Crippen molar-refractivity contribution in [1.29, 1.82) is 0 Å². The molecule has 2 amide bonds. The zero-order valence-electron chi connectivity index (χ0n) is 12.3. The number of nitrogens with one attached hydrogen (secondary N) is 1. The van der Waals surface area contributed by atoms with Crippen molar-refractivity contribution in [2.24, 2.45) is 0 Å². The van der Waals surface area contributed by atoms with Gasteiger partial charge in [-0.15, -0.1) is 0 Å². The van der Waals surface area contributed by atoms with Gasteiger partial charge in [0, 0.05) is 22.8 Å². The van der Waals surface area contributed by atoms with E-state index in [1.54, 1.807) is 24.3 Å². The standard InChI is InChI=1S/C16H12ClN3O4/c17-10-1-3-11(4-2-10)18-14-9-15(21)19(16(14)22)12-5-7-13(8-6-12)20(23)24/h1-8,14,18H,9H2. The van der Waals surface area contributed by atoms with Gasteiger partial charge in [0.15, 0.2) is 0 Å². The van der Waals surface area contributed by atoms with E-state index in [0.29, 0.717) is 16.4 Å². The Labute approximate surface area is 142 Å². The van der Waals surface area contributed by atoms with E-state index >= 15 is 0 Å². The molecule has 7 nitrogen and oxygen atoms in total. The molecule has 1 aliphatic rings. The Morgan fingerprint density at radius 2 is 1.71 bits per heavy atom. The average molecular weight is 346 g/mol. The number of nitro benzene ring substituents is 1. The number of anilines is 2. The van der Waals surface area contributed by atoms with Gasteiger partial charge in [0.2, 0.25) is 5.91 Å². The highest BCUT2D eigenvalue weighted by Gasteiger charge is 2.39. The number of nitro groups is 1. The maximum atomic E-state index is 12.5. The van der Waals surface area contributed by atoms with Crippen molar-refractivity contribution < 1.29 is 14.5 Å². The second kappa shape index (κ2) is 6.29. The molecular weight excluding hydrogens is 334 g/mol. The number of amides is 2. The minimum Gasteiger partial charge on any atom is -0.373 e. The first-order chi connectivity index (χ1) is 11.5. The first-order valence-corrected chi connectivity index (χ1v) is 7.47. The van der Waals surface area contributed by atoms with Gasteiger partial charge in [0.1, 0.15) is 6.04 Å². The SMILES string of the molecule is O=C1CC(Nc2ccc(Cl)cc2)C(=O)N1c1ccc([N+](=O)[O-])cc1. The molecule has 0 bridgehead atoms. The molecular formula is C16H12ClN3O4. The molecule has 1 aliphatic heterocycles. The predicted molar refractivity (Wildman–Crippen MR) is 89.1 cm³/mol. The largest absolute Gasteiger partial charge is 0.373 e. The van der Waals surface area contributed by atoms with Crippen molar-refractivity contribution in [3.63, 3.8) is 0 Å². The van der Waals surface area contributed by atoms with Crippen molar-refractivity contribution in [3.05, 3.63) is 63.7 Å². The lowest BCUT2D eigenvalue weighted by atomic mass is 10.2. The lowest BCUT2D eigenvalue weighted by Crippen LogP contribution is -2.34. The van der Waals surface area contributed by atoms with Crippen LogP contribution in [-0.2, 0) is 9.59 Å². The third-order valence-corrected chi connectivity index (χ3v) is 3.90. The normalized spacial score (nSPS) is 17.2. The zero-order valence-corrected chi connectivity index (χ0v) is 13.1. The number of hydrogen-bond donors (Lipinski definition) is 1.